The van der Waals surface area contributed by atoms with Gasteiger partial charge in [0.2, 0.25) is 5.43 Å². The van der Waals surface area contributed by atoms with Gasteiger partial charge in [0.1, 0.15) is 16.8 Å². The van der Waals surface area contributed by atoms with Crippen molar-refractivity contribution in [3.05, 3.63) is 63.7 Å². The second-order valence-corrected chi connectivity index (χ2v) is 9.14. The first-order valence-corrected chi connectivity index (χ1v) is 11.0. The van der Waals surface area contributed by atoms with Gasteiger partial charge in [-0.05, 0) is 50.1 Å². The van der Waals surface area contributed by atoms with Gasteiger partial charge < -0.3 is 25.0 Å². The number of carboxylic acids is 1. The number of anilines is 1. The van der Waals surface area contributed by atoms with E-state index in [1.807, 2.05) is 4.90 Å². The largest absolute Gasteiger partial charge is 0.492 e. The topological polar surface area (TPSA) is 115 Å². The van der Waals surface area contributed by atoms with Gasteiger partial charge in [0.25, 0.3) is 0 Å². The lowest BCUT2D eigenvalue weighted by Gasteiger charge is -2.24. The quantitative estimate of drug-likeness (QED) is 0.557. The molecule has 0 radical (unpaired) electrons. The minimum atomic E-state index is -1.43. The van der Waals surface area contributed by atoms with Crippen molar-refractivity contribution in [2.75, 3.05) is 25.1 Å². The van der Waals surface area contributed by atoms with Crippen LogP contribution >= 0.6 is 0 Å². The Bertz CT molecular complexity index is 1410. The van der Waals surface area contributed by atoms with Crippen LogP contribution in [0.15, 0.2) is 41.3 Å². The molecule has 176 valence electrons. The van der Waals surface area contributed by atoms with Crippen molar-refractivity contribution in [2.45, 2.75) is 25.8 Å². The number of carboxylic acid groups (broad SMARTS) is 1. The zero-order valence-corrected chi connectivity index (χ0v) is 18.8. The average Bonchev–Trinajstić information content (AvgIpc) is 3.51. The normalized spacial score (nSPS) is 18.5. The summed E-state index contributed by atoms with van der Waals surface area (Å²) in [5.41, 5.74) is 6.42. The molecule has 3 N–H and O–H groups in total. The van der Waals surface area contributed by atoms with Gasteiger partial charge in [-0.15, -0.1) is 0 Å². The Morgan fingerprint density at radius 1 is 1.24 bits per heavy atom. The zero-order valence-electron chi connectivity index (χ0n) is 18.8. The Balaban J connectivity index is 1.81. The molecule has 0 bridgehead atoms. The van der Waals surface area contributed by atoms with Gasteiger partial charge in [0, 0.05) is 42.0 Å². The third-order valence-electron chi connectivity index (χ3n) is 7.08. The third-order valence-corrected chi connectivity index (χ3v) is 7.08. The summed E-state index contributed by atoms with van der Waals surface area (Å²) in [6.07, 6.45) is 3.17. The molecule has 1 aliphatic carbocycles. The summed E-state index contributed by atoms with van der Waals surface area (Å²) in [7, 11) is 1.39. The molecule has 2 heterocycles. The number of Topliss-reactive ketones (excluding diaryl/α,β-unsaturated/α-hetero) is 1. The summed E-state index contributed by atoms with van der Waals surface area (Å²) < 4.78 is 22.7. The molecule has 2 aromatic carbocycles. The number of pyridine rings is 1. The van der Waals surface area contributed by atoms with E-state index >= 15 is 4.39 Å². The van der Waals surface area contributed by atoms with Crippen LogP contribution in [0.25, 0.3) is 16.6 Å². The van der Waals surface area contributed by atoms with E-state index in [2.05, 4.69) is 0 Å². The summed E-state index contributed by atoms with van der Waals surface area (Å²) in [4.78, 5) is 38.4. The number of aromatic carboxylic acids is 1. The number of aromatic nitrogens is 1. The highest BCUT2D eigenvalue weighted by molar-refractivity contribution is 5.98. The SMILES string of the molecule is COc1c(N2CC(N)C3(CC3)C2)c(F)cc2c(=O)c(C(=O)O)cn(-c3ccc(C(C)=O)cc3)c12. The Hall–Kier alpha value is -3.72. The van der Waals surface area contributed by atoms with Crippen molar-refractivity contribution >= 4 is 28.3 Å². The van der Waals surface area contributed by atoms with Gasteiger partial charge in [-0.1, -0.05) is 0 Å². The van der Waals surface area contributed by atoms with Crippen LogP contribution in [0, 0.1) is 11.2 Å². The van der Waals surface area contributed by atoms with Crippen molar-refractivity contribution in [1.82, 2.24) is 4.57 Å². The molecule has 2 aliphatic rings. The summed E-state index contributed by atoms with van der Waals surface area (Å²) in [5.74, 6) is -2.09. The van der Waals surface area contributed by atoms with E-state index in [1.54, 1.807) is 24.3 Å². The van der Waals surface area contributed by atoms with Crippen LogP contribution in [-0.2, 0) is 0 Å². The number of fused-ring (bicyclic) bond motifs is 1. The summed E-state index contributed by atoms with van der Waals surface area (Å²) in [5, 5.41) is 9.51. The van der Waals surface area contributed by atoms with Crippen LogP contribution in [0.4, 0.5) is 10.1 Å². The van der Waals surface area contributed by atoms with Gasteiger partial charge in [-0.3, -0.25) is 9.59 Å². The maximum absolute atomic E-state index is 15.5. The Kier molecular flexibility index (Phi) is 4.98. The van der Waals surface area contributed by atoms with E-state index in [-0.39, 0.29) is 39.6 Å². The van der Waals surface area contributed by atoms with Gasteiger partial charge in [0.15, 0.2) is 17.3 Å². The molecule has 3 aromatic rings. The van der Waals surface area contributed by atoms with E-state index in [1.165, 1.54) is 24.8 Å². The number of methoxy groups -OCH3 is 1. The number of rotatable bonds is 5. The summed E-state index contributed by atoms with van der Waals surface area (Å²) in [6, 6.07) is 7.47. The Labute approximate surface area is 194 Å². The maximum atomic E-state index is 15.5. The van der Waals surface area contributed by atoms with Gasteiger partial charge in [-0.2, -0.15) is 0 Å². The fourth-order valence-electron chi connectivity index (χ4n) is 4.97. The van der Waals surface area contributed by atoms with Crippen LogP contribution in [0.3, 0.4) is 0 Å². The Morgan fingerprint density at radius 3 is 2.44 bits per heavy atom. The van der Waals surface area contributed by atoms with Crippen LogP contribution in [0.5, 0.6) is 5.75 Å². The number of hydrogen-bond acceptors (Lipinski definition) is 6. The van der Waals surface area contributed by atoms with Crippen LogP contribution in [0.1, 0.15) is 40.5 Å². The second kappa shape index (κ2) is 7.66. The molecule has 0 amide bonds. The van der Waals surface area contributed by atoms with E-state index in [0.29, 0.717) is 24.3 Å². The average molecular weight is 465 g/mol. The van der Waals surface area contributed by atoms with E-state index in [0.717, 1.165) is 18.9 Å². The van der Waals surface area contributed by atoms with Gasteiger partial charge in [-0.25, -0.2) is 9.18 Å². The summed E-state index contributed by atoms with van der Waals surface area (Å²) in [6.45, 7) is 2.47. The first kappa shape index (κ1) is 22.1. The lowest BCUT2D eigenvalue weighted by Crippen LogP contribution is -2.30. The number of ether oxygens (including phenoxy) is 1. The number of benzene rings is 2. The smallest absolute Gasteiger partial charge is 0.341 e. The first-order chi connectivity index (χ1) is 16.2. The van der Waals surface area contributed by atoms with Gasteiger partial charge >= 0.3 is 5.97 Å². The summed E-state index contributed by atoms with van der Waals surface area (Å²) >= 11 is 0. The molecule has 1 saturated heterocycles. The third kappa shape index (κ3) is 3.27. The van der Waals surface area contributed by atoms with Crippen molar-refractivity contribution < 1.29 is 23.8 Å². The number of halogens is 1. The highest BCUT2D eigenvalue weighted by Gasteiger charge is 2.54. The molecule has 1 spiro atoms. The molecule has 5 rings (SSSR count). The minimum absolute atomic E-state index is 0.0260. The maximum Gasteiger partial charge on any atom is 0.341 e. The molecule has 2 fully saturated rings. The Morgan fingerprint density at radius 2 is 1.91 bits per heavy atom. The molecular weight excluding hydrogens is 441 g/mol. The lowest BCUT2D eigenvalue weighted by atomic mass is 10.0. The fourth-order valence-corrected chi connectivity index (χ4v) is 4.97. The first-order valence-electron chi connectivity index (χ1n) is 11.0. The fraction of sp³-hybridized carbons (Fsp3) is 0.320. The number of nitrogens with zero attached hydrogens (tertiary/aromatic N) is 2. The molecule has 34 heavy (non-hydrogen) atoms. The standard InChI is InChI=1S/C25H24FN3O5/c1-13(30)14-3-5-15(6-4-14)29-10-17(24(32)33)22(31)16-9-18(26)21(23(34-2)20(16)29)28-11-19(27)25(12-28)7-8-25/h3-6,9-10,19H,7-8,11-12,27H2,1-2H3,(H,32,33). The van der Waals surface area contributed by atoms with E-state index < -0.39 is 22.8 Å². The molecule has 8 nitrogen and oxygen atoms in total. The number of nitrogens with two attached hydrogens (primary N) is 1. The van der Waals surface area contributed by atoms with Crippen LogP contribution in [0.2, 0.25) is 0 Å². The molecule has 9 heteroatoms. The van der Waals surface area contributed by atoms with Crippen LogP contribution in [-0.4, -0.2) is 47.7 Å². The number of hydrogen-bond donors (Lipinski definition) is 2. The minimum Gasteiger partial charge on any atom is -0.492 e. The number of carbonyl (C=O) groups excluding carboxylic acids is 1. The highest BCUT2D eigenvalue weighted by atomic mass is 19.1. The molecular formula is C25H24FN3O5. The van der Waals surface area contributed by atoms with Crippen molar-refractivity contribution in [3.63, 3.8) is 0 Å². The molecule has 1 aliphatic heterocycles. The predicted octanol–water partition coefficient (Wildman–Crippen LogP) is 2.97. The van der Waals surface area contributed by atoms with E-state index in [4.69, 9.17) is 10.5 Å². The van der Waals surface area contributed by atoms with Crippen LogP contribution < -0.4 is 20.8 Å². The van der Waals surface area contributed by atoms with Crippen molar-refractivity contribution in [3.8, 4) is 11.4 Å². The van der Waals surface area contributed by atoms with E-state index in [9.17, 15) is 19.5 Å². The molecule has 1 atom stereocenters. The van der Waals surface area contributed by atoms with Crippen molar-refractivity contribution in [2.24, 2.45) is 11.1 Å². The number of carbonyl (C=O) groups is 2. The second-order valence-electron chi connectivity index (χ2n) is 9.14. The molecule has 1 aromatic heterocycles. The molecule has 1 saturated carbocycles. The van der Waals surface area contributed by atoms with Gasteiger partial charge in [0.05, 0.1) is 12.5 Å². The predicted molar refractivity (Wildman–Crippen MR) is 125 cm³/mol. The highest BCUT2D eigenvalue weighted by Crippen LogP contribution is 2.54. The monoisotopic (exact) mass is 465 g/mol. The van der Waals surface area contributed by atoms with Crippen molar-refractivity contribution in [1.29, 1.82) is 0 Å². The molecule has 1 unspecified atom stereocenters. The zero-order chi connectivity index (χ0) is 24.4. The lowest BCUT2D eigenvalue weighted by molar-refractivity contribution is 0.0694. The number of ketones is 1.